The molecule has 0 saturated heterocycles. The molecular formula is C26H23N3O4. The van der Waals surface area contributed by atoms with Crippen LogP contribution in [-0.2, 0) is 17.8 Å². The number of amides is 1. The molecule has 166 valence electrons. The first-order chi connectivity index (χ1) is 16.0. The number of nitriles is 1. The summed E-state index contributed by atoms with van der Waals surface area (Å²) in [5, 5.41) is 23.0. The zero-order valence-corrected chi connectivity index (χ0v) is 17.9. The van der Waals surface area contributed by atoms with E-state index in [2.05, 4.69) is 5.32 Å². The van der Waals surface area contributed by atoms with Gasteiger partial charge in [-0.1, -0.05) is 54.6 Å². The minimum absolute atomic E-state index is 0.0129. The molecule has 3 aromatic rings. The quantitative estimate of drug-likeness (QED) is 0.159. The highest BCUT2D eigenvalue weighted by Gasteiger charge is 2.09. The molecular weight excluding hydrogens is 418 g/mol. The topological polar surface area (TPSA) is 105 Å². The number of non-ortho nitro benzene ring substituents is 1. The predicted octanol–water partition coefficient (Wildman–Crippen LogP) is 4.83. The van der Waals surface area contributed by atoms with Crippen LogP contribution in [0, 0.1) is 21.4 Å². The molecule has 0 aliphatic carbocycles. The lowest BCUT2D eigenvalue weighted by Gasteiger charge is -2.07. The molecule has 0 fully saturated rings. The van der Waals surface area contributed by atoms with Gasteiger partial charge in [-0.25, -0.2) is 0 Å². The van der Waals surface area contributed by atoms with Gasteiger partial charge in [-0.3, -0.25) is 14.9 Å². The van der Waals surface area contributed by atoms with Gasteiger partial charge in [0.2, 0.25) is 0 Å². The van der Waals surface area contributed by atoms with Crippen molar-refractivity contribution < 1.29 is 14.5 Å². The van der Waals surface area contributed by atoms with Crippen LogP contribution in [0.15, 0.2) is 84.4 Å². The number of carbonyl (C=O) groups is 1. The Labute approximate surface area is 192 Å². The second-order valence-corrected chi connectivity index (χ2v) is 7.30. The molecule has 7 heteroatoms. The number of nitro benzene ring substituents is 1. The first-order valence-electron chi connectivity index (χ1n) is 10.5. The van der Waals surface area contributed by atoms with Crippen molar-refractivity contribution in [1.82, 2.24) is 5.32 Å². The van der Waals surface area contributed by atoms with Crippen LogP contribution in [0.5, 0.6) is 5.75 Å². The molecule has 0 bridgehead atoms. The number of nitrogens with zero attached hydrogens (tertiary/aromatic N) is 2. The molecule has 0 radical (unpaired) electrons. The summed E-state index contributed by atoms with van der Waals surface area (Å²) < 4.78 is 5.67. The molecule has 3 rings (SSSR count). The summed E-state index contributed by atoms with van der Waals surface area (Å²) >= 11 is 0. The maximum absolute atomic E-state index is 12.3. The molecule has 0 aromatic heterocycles. The number of carbonyl (C=O) groups excluding carboxylic acids is 1. The lowest BCUT2D eigenvalue weighted by molar-refractivity contribution is -0.384. The third-order valence-electron chi connectivity index (χ3n) is 4.85. The highest BCUT2D eigenvalue weighted by Crippen LogP contribution is 2.18. The molecule has 0 saturated carbocycles. The summed E-state index contributed by atoms with van der Waals surface area (Å²) in [7, 11) is 0. The van der Waals surface area contributed by atoms with Gasteiger partial charge >= 0.3 is 0 Å². The van der Waals surface area contributed by atoms with Crippen LogP contribution >= 0.6 is 0 Å². The fourth-order valence-corrected chi connectivity index (χ4v) is 3.14. The van der Waals surface area contributed by atoms with Crippen molar-refractivity contribution in [2.75, 3.05) is 6.54 Å². The largest absolute Gasteiger partial charge is 0.489 e. The van der Waals surface area contributed by atoms with Crippen LogP contribution in [-0.4, -0.2) is 17.4 Å². The summed E-state index contributed by atoms with van der Waals surface area (Å²) in [5.41, 5.74) is 2.62. The van der Waals surface area contributed by atoms with Crippen molar-refractivity contribution in [1.29, 1.82) is 5.26 Å². The second kappa shape index (κ2) is 11.8. The number of aryl methyl sites for hydroxylation is 1. The Balaban J connectivity index is 1.51. The zero-order valence-electron chi connectivity index (χ0n) is 17.9. The van der Waals surface area contributed by atoms with Gasteiger partial charge in [-0.05, 0) is 47.7 Å². The Morgan fingerprint density at radius 2 is 1.76 bits per heavy atom. The maximum Gasteiger partial charge on any atom is 0.269 e. The van der Waals surface area contributed by atoms with Crippen molar-refractivity contribution in [3.05, 3.63) is 111 Å². The Kier molecular flexibility index (Phi) is 8.32. The van der Waals surface area contributed by atoms with Crippen LogP contribution in [0.4, 0.5) is 5.69 Å². The standard InChI is InChI=1S/C26H23N3O4/c27-18-23(26(30)28-15-5-9-20-6-2-1-3-7-20)16-21-11-13-25(14-12-21)33-19-22-8-4-10-24(17-22)29(31)32/h1-4,6-8,10-14,16-17H,5,9,15,19H2,(H,28,30)/b23-16-. The Morgan fingerprint density at radius 1 is 1.03 bits per heavy atom. The summed E-state index contributed by atoms with van der Waals surface area (Å²) in [4.78, 5) is 22.7. The normalized spacial score (nSPS) is 10.8. The molecule has 0 unspecified atom stereocenters. The van der Waals surface area contributed by atoms with E-state index in [0.29, 0.717) is 23.4 Å². The highest BCUT2D eigenvalue weighted by molar-refractivity contribution is 6.01. The van der Waals surface area contributed by atoms with Gasteiger partial charge in [-0.2, -0.15) is 5.26 Å². The van der Waals surface area contributed by atoms with E-state index in [1.54, 1.807) is 36.4 Å². The van der Waals surface area contributed by atoms with Gasteiger partial charge in [0.25, 0.3) is 11.6 Å². The third-order valence-corrected chi connectivity index (χ3v) is 4.85. The van der Waals surface area contributed by atoms with Gasteiger partial charge in [0.1, 0.15) is 24.0 Å². The number of hydrogen-bond donors (Lipinski definition) is 1. The van der Waals surface area contributed by atoms with E-state index < -0.39 is 10.8 Å². The van der Waals surface area contributed by atoms with Crippen molar-refractivity contribution in [3.8, 4) is 11.8 Å². The monoisotopic (exact) mass is 441 g/mol. The van der Waals surface area contributed by atoms with E-state index >= 15 is 0 Å². The smallest absolute Gasteiger partial charge is 0.269 e. The van der Waals surface area contributed by atoms with E-state index in [4.69, 9.17) is 4.74 Å². The van der Waals surface area contributed by atoms with Gasteiger partial charge in [0, 0.05) is 18.7 Å². The Bertz CT molecular complexity index is 1170. The van der Waals surface area contributed by atoms with Gasteiger partial charge in [0.15, 0.2) is 0 Å². The number of nitro groups is 1. The fourth-order valence-electron chi connectivity index (χ4n) is 3.14. The Hall–Kier alpha value is -4.44. The number of rotatable bonds is 10. The number of ether oxygens (including phenoxy) is 1. The van der Waals surface area contributed by atoms with E-state index in [9.17, 15) is 20.2 Å². The van der Waals surface area contributed by atoms with Gasteiger partial charge in [0.05, 0.1) is 4.92 Å². The summed E-state index contributed by atoms with van der Waals surface area (Å²) in [6.07, 6.45) is 3.16. The van der Waals surface area contributed by atoms with Gasteiger partial charge < -0.3 is 10.1 Å². The molecule has 33 heavy (non-hydrogen) atoms. The van der Waals surface area contributed by atoms with Crippen molar-refractivity contribution in [3.63, 3.8) is 0 Å². The molecule has 3 aromatic carbocycles. The van der Waals surface area contributed by atoms with Crippen molar-refractivity contribution in [2.24, 2.45) is 0 Å². The minimum Gasteiger partial charge on any atom is -0.489 e. The zero-order chi connectivity index (χ0) is 23.5. The van der Waals surface area contributed by atoms with Crippen LogP contribution < -0.4 is 10.1 Å². The molecule has 1 N–H and O–H groups in total. The minimum atomic E-state index is -0.448. The van der Waals surface area contributed by atoms with Crippen molar-refractivity contribution >= 4 is 17.7 Å². The summed E-state index contributed by atoms with van der Waals surface area (Å²) in [6.45, 7) is 0.670. The number of nitrogens with one attached hydrogen (secondary N) is 1. The average molecular weight is 441 g/mol. The predicted molar refractivity (Wildman–Crippen MR) is 125 cm³/mol. The van der Waals surface area contributed by atoms with Gasteiger partial charge in [-0.15, -0.1) is 0 Å². The van der Waals surface area contributed by atoms with Crippen LogP contribution in [0.1, 0.15) is 23.1 Å². The number of hydrogen-bond acceptors (Lipinski definition) is 5. The molecule has 7 nitrogen and oxygen atoms in total. The maximum atomic E-state index is 12.3. The lowest BCUT2D eigenvalue weighted by atomic mass is 10.1. The third kappa shape index (κ3) is 7.33. The molecule has 0 aliphatic rings. The first-order valence-corrected chi connectivity index (χ1v) is 10.5. The molecule has 1 amide bonds. The fraction of sp³-hybridized carbons (Fsp3) is 0.154. The Morgan fingerprint density at radius 3 is 2.45 bits per heavy atom. The summed E-state index contributed by atoms with van der Waals surface area (Å²) in [5.74, 6) is 0.166. The van der Waals surface area contributed by atoms with Crippen LogP contribution in [0.3, 0.4) is 0 Å². The van der Waals surface area contributed by atoms with E-state index in [-0.39, 0.29) is 17.9 Å². The van der Waals surface area contributed by atoms with Crippen LogP contribution in [0.2, 0.25) is 0 Å². The number of benzene rings is 3. The average Bonchev–Trinajstić information content (AvgIpc) is 2.85. The van der Waals surface area contributed by atoms with Crippen LogP contribution in [0.25, 0.3) is 6.08 Å². The molecule has 0 atom stereocenters. The molecule has 0 aliphatic heterocycles. The summed E-state index contributed by atoms with van der Waals surface area (Å²) in [6, 6.07) is 25.1. The van der Waals surface area contributed by atoms with E-state index in [0.717, 1.165) is 12.8 Å². The lowest BCUT2D eigenvalue weighted by Crippen LogP contribution is -2.25. The van der Waals surface area contributed by atoms with Crippen molar-refractivity contribution in [2.45, 2.75) is 19.4 Å². The highest BCUT2D eigenvalue weighted by atomic mass is 16.6. The van der Waals surface area contributed by atoms with E-state index in [1.807, 2.05) is 36.4 Å². The second-order valence-electron chi connectivity index (χ2n) is 7.30. The molecule has 0 spiro atoms. The SMILES string of the molecule is N#C/C(=C/c1ccc(OCc2cccc([N+](=O)[O-])c2)cc1)C(=O)NCCCc1ccccc1. The van der Waals surface area contributed by atoms with E-state index in [1.165, 1.54) is 23.8 Å². The molecule has 0 heterocycles. The first kappa shape index (κ1) is 23.2.